The summed E-state index contributed by atoms with van der Waals surface area (Å²) in [7, 11) is 0. The van der Waals surface area contributed by atoms with Crippen LogP contribution in [-0.4, -0.2) is 18.4 Å². The van der Waals surface area contributed by atoms with Crippen molar-refractivity contribution in [2.45, 2.75) is 39.0 Å². The molecule has 0 aliphatic carbocycles. The smallest absolute Gasteiger partial charge is 0.236 e. The Kier molecular flexibility index (Phi) is 6.96. The van der Waals surface area contributed by atoms with E-state index in [0.29, 0.717) is 6.42 Å². The van der Waals surface area contributed by atoms with Crippen molar-refractivity contribution < 1.29 is 9.59 Å². The first-order valence-corrected chi connectivity index (χ1v) is 4.71. The molecule has 0 saturated carbocycles. The Balaban J connectivity index is 3.25. The van der Waals surface area contributed by atoms with E-state index >= 15 is 0 Å². The molecule has 2 amide bonds. The van der Waals surface area contributed by atoms with Crippen molar-refractivity contribution in [3.8, 4) is 0 Å². The van der Waals surface area contributed by atoms with E-state index in [-0.39, 0.29) is 12.5 Å². The molecule has 0 spiro atoms. The van der Waals surface area contributed by atoms with Gasteiger partial charge in [0.2, 0.25) is 11.8 Å². The minimum Gasteiger partial charge on any atom is -0.368 e. The van der Waals surface area contributed by atoms with Crippen LogP contribution < -0.4 is 11.1 Å². The van der Waals surface area contributed by atoms with Crippen LogP contribution in [0.15, 0.2) is 0 Å². The lowest BCUT2D eigenvalue weighted by molar-refractivity contribution is -0.124. The van der Waals surface area contributed by atoms with Gasteiger partial charge in [0.1, 0.15) is 0 Å². The Labute approximate surface area is 78.9 Å². The third kappa shape index (κ3) is 8.85. The van der Waals surface area contributed by atoms with Gasteiger partial charge >= 0.3 is 0 Å². The fourth-order valence-corrected chi connectivity index (χ4v) is 0.986. The molecule has 0 fully saturated rings. The molecule has 0 atom stereocenters. The largest absolute Gasteiger partial charge is 0.368 e. The number of hydrogen-bond acceptors (Lipinski definition) is 2. The average Bonchev–Trinajstić information content (AvgIpc) is 2.09. The Morgan fingerprint density at radius 3 is 2.46 bits per heavy atom. The van der Waals surface area contributed by atoms with Crippen molar-refractivity contribution in [1.29, 1.82) is 0 Å². The normalized spacial score (nSPS) is 9.62. The van der Waals surface area contributed by atoms with Crippen LogP contribution in [0.25, 0.3) is 0 Å². The standard InChI is InChI=1S/C9H18N2O2/c1-2-3-4-5-6-9(13)11-7-8(10)12/h2-7H2,1H3,(H2,10,12)(H,11,13). The molecule has 0 aromatic carbocycles. The predicted octanol–water partition coefficient (Wildman–Crippen LogP) is 0.558. The SMILES string of the molecule is CCCCCCC(=O)NCC(N)=O. The summed E-state index contributed by atoms with van der Waals surface area (Å²) in [4.78, 5) is 21.3. The quantitative estimate of drug-likeness (QED) is 0.570. The second-order valence-corrected chi connectivity index (χ2v) is 3.05. The lowest BCUT2D eigenvalue weighted by atomic mass is 10.1. The van der Waals surface area contributed by atoms with Crippen LogP contribution in [0.2, 0.25) is 0 Å². The molecule has 13 heavy (non-hydrogen) atoms. The van der Waals surface area contributed by atoms with Gasteiger partial charge in [-0.25, -0.2) is 0 Å². The van der Waals surface area contributed by atoms with Gasteiger partial charge in [-0.3, -0.25) is 9.59 Å². The zero-order chi connectivity index (χ0) is 10.1. The van der Waals surface area contributed by atoms with Crippen molar-refractivity contribution >= 4 is 11.8 Å². The summed E-state index contributed by atoms with van der Waals surface area (Å²) in [5.41, 5.74) is 4.86. The molecular weight excluding hydrogens is 168 g/mol. The second kappa shape index (κ2) is 7.58. The van der Waals surface area contributed by atoms with Crippen molar-refractivity contribution in [3.05, 3.63) is 0 Å². The van der Waals surface area contributed by atoms with Gasteiger partial charge in [-0.15, -0.1) is 0 Å². The van der Waals surface area contributed by atoms with E-state index in [4.69, 9.17) is 5.73 Å². The van der Waals surface area contributed by atoms with Crippen LogP contribution >= 0.6 is 0 Å². The van der Waals surface area contributed by atoms with E-state index in [2.05, 4.69) is 12.2 Å². The van der Waals surface area contributed by atoms with E-state index in [1.807, 2.05) is 0 Å². The third-order valence-corrected chi connectivity index (χ3v) is 1.72. The highest BCUT2D eigenvalue weighted by atomic mass is 16.2. The van der Waals surface area contributed by atoms with Crippen LogP contribution in [0.3, 0.4) is 0 Å². The van der Waals surface area contributed by atoms with Gasteiger partial charge in [0.05, 0.1) is 6.54 Å². The number of hydrogen-bond donors (Lipinski definition) is 2. The Bertz CT molecular complexity index is 169. The van der Waals surface area contributed by atoms with Gasteiger partial charge < -0.3 is 11.1 Å². The molecule has 0 aromatic heterocycles. The molecule has 0 rings (SSSR count). The topological polar surface area (TPSA) is 72.2 Å². The van der Waals surface area contributed by atoms with Gasteiger partial charge in [-0.1, -0.05) is 26.2 Å². The predicted molar refractivity (Wildman–Crippen MR) is 51.0 cm³/mol. The van der Waals surface area contributed by atoms with Crippen LogP contribution in [0.4, 0.5) is 0 Å². The molecule has 0 bridgehead atoms. The number of nitrogens with two attached hydrogens (primary N) is 1. The Morgan fingerprint density at radius 1 is 1.23 bits per heavy atom. The highest BCUT2D eigenvalue weighted by molar-refractivity contribution is 5.83. The lowest BCUT2D eigenvalue weighted by Gasteiger charge is -2.01. The van der Waals surface area contributed by atoms with Gasteiger partial charge in [-0.2, -0.15) is 0 Å². The van der Waals surface area contributed by atoms with Crippen molar-refractivity contribution in [2.75, 3.05) is 6.54 Å². The molecule has 4 nitrogen and oxygen atoms in total. The maximum absolute atomic E-state index is 11.0. The van der Waals surface area contributed by atoms with Crippen molar-refractivity contribution in [2.24, 2.45) is 5.73 Å². The molecule has 4 heteroatoms. The van der Waals surface area contributed by atoms with Gasteiger partial charge in [-0.05, 0) is 6.42 Å². The van der Waals surface area contributed by atoms with Gasteiger partial charge in [0, 0.05) is 6.42 Å². The first-order chi connectivity index (χ1) is 6.16. The summed E-state index contributed by atoms with van der Waals surface area (Å²) < 4.78 is 0. The van der Waals surface area contributed by atoms with Gasteiger partial charge in [0.25, 0.3) is 0 Å². The van der Waals surface area contributed by atoms with E-state index in [1.54, 1.807) is 0 Å². The molecule has 0 radical (unpaired) electrons. The summed E-state index contributed by atoms with van der Waals surface area (Å²) in [5.74, 6) is -0.586. The molecule has 3 N–H and O–H groups in total. The molecule has 0 aliphatic rings. The summed E-state index contributed by atoms with van der Waals surface area (Å²) in [6, 6.07) is 0. The summed E-state index contributed by atoms with van der Waals surface area (Å²) >= 11 is 0. The number of carbonyl (C=O) groups excluding carboxylic acids is 2. The van der Waals surface area contributed by atoms with Crippen LogP contribution in [0, 0.1) is 0 Å². The minimum atomic E-state index is -0.498. The highest BCUT2D eigenvalue weighted by Crippen LogP contribution is 2.01. The zero-order valence-electron chi connectivity index (χ0n) is 8.14. The van der Waals surface area contributed by atoms with Crippen LogP contribution in [0.5, 0.6) is 0 Å². The fraction of sp³-hybridized carbons (Fsp3) is 0.778. The van der Waals surface area contributed by atoms with E-state index in [9.17, 15) is 9.59 Å². The monoisotopic (exact) mass is 186 g/mol. The molecular formula is C9H18N2O2. The van der Waals surface area contributed by atoms with E-state index < -0.39 is 5.91 Å². The molecule has 0 saturated heterocycles. The van der Waals surface area contributed by atoms with Crippen LogP contribution in [0.1, 0.15) is 39.0 Å². The molecule has 0 heterocycles. The molecule has 0 unspecified atom stereocenters. The summed E-state index contributed by atoms with van der Waals surface area (Å²) in [6.07, 6.45) is 4.76. The first kappa shape index (κ1) is 11.9. The number of amides is 2. The highest BCUT2D eigenvalue weighted by Gasteiger charge is 2.01. The maximum Gasteiger partial charge on any atom is 0.236 e. The fourth-order valence-electron chi connectivity index (χ4n) is 0.986. The number of nitrogens with one attached hydrogen (secondary N) is 1. The maximum atomic E-state index is 11.0. The lowest BCUT2D eigenvalue weighted by Crippen LogP contribution is -2.33. The molecule has 76 valence electrons. The number of rotatable bonds is 7. The second-order valence-electron chi connectivity index (χ2n) is 3.05. The summed E-state index contributed by atoms with van der Waals surface area (Å²) in [5, 5.41) is 2.45. The average molecular weight is 186 g/mol. The third-order valence-electron chi connectivity index (χ3n) is 1.72. The number of unbranched alkanes of at least 4 members (excludes halogenated alkanes) is 3. The Morgan fingerprint density at radius 2 is 1.92 bits per heavy atom. The van der Waals surface area contributed by atoms with E-state index in [1.165, 1.54) is 0 Å². The van der Waals surface area contributed by atoms with E-state index in [0.717, 1.165) is 25.7 Å². The number of primary amides is 1. The van der Waals surface area contributed by atoms with Gasteiger partial charge in [0.15, 0.2) is 0 Å². The first-order valence-electron chi connectivity index (χ1n) is 4.71. The summed E-state index contributed by atoms with van der Waals surface area (Å²) in [6.45, 7) is 2.07. The van der Waals surface area contributed by atoms with Crippen molar-refractivity contribution in [3.63, 3.8) is 0 Å². The molecule has 0 aromatic rings. The van der Waals surface area contributed by atoms with Crippen molar-refractivity contribution in [1.82, 2.24) is 5.32 Å². The van der Waals surface area contributed by atoms with Crippen LogP contribution in [-0.2, 0) is 9.59 Å². The molecule has 0 aliphatic heterocycles. The Hall–Kier alpha value is -1.06. The minimum absolute atomic E-state index is 0.0490. The zero-order valence-corrected chi connectivity index (χ0v) is 8.14. The number of carbonyl (C=O) groups is 2.